The molecule has 1 aliphatic rings. The Morgan fingerprint density at radius 1 is 1.25 bits per heavy atom. The van der Waals surface area contributed by atoms with Gasteiger partial charge in [0.05, 0.1) is 0 Å². The highest BCUT2D eigenvalue weighted by Gasteiger charge is 2.49. The molecule has 16 heavy (non-hydrogen) atoms. The molecule has 1 saturated carbocycles. The van der Waals surface area contributed by atoms with Crippen LogP contribution in [0.5, 0.6) is 0 Å². The third-order valence-corrected chi connectivity index (χ3v) is 4.01. The standard InChI is InChI=1S/C14H18O2/c1-13(9-5-6-10-13)14(16,11-15)12-7-3-2-4-8-12/h2-4,7-8,11,16H,5-6,9-10H2,1H3. The maximum absolute atomic E-state index is 11.4. The van der Waals surface area contributed by atoms with Crippen LogP contribution in [0, 0.1) is 5.41 Å². The molecule has 0 aliphatic heterocycles. The summed E-state index contributed by atoms with van der Waals surface area (Å²) in [5.41, 5.74) is -0.921. The van der Waals surface area contributed by atoms with E-state index < -0.39 is 5.60 Å². The second-order valence-electron chi connectivity index (χ2n) is 5.02. The van der Waals surface area contributed by atoms with Gasteiger partial charge >= 0.3 is 0 Å². The van der Waals surface area contributed by atoms with Crippen LogP contribution in [0.15, 0.2) is 30.3 Å². The van der Waals surface area contributed by atoms with Gasteiger partial charge in [-0.15, -0.1) is 0 Å². The van der Waals surface area contributed by atoms with Crippen LogP contribution in [0.3, 0.4) is 0 Å². The van der Waals surface area contributed by atoms with Gasteiger partial charge in [-0.1, -0.05) is 50.1 Å². The Labute approximate surface area is 96.3 Å². The second kappa shape index (κ2) is 4.02. The van der Waals surface area contributed by atoms with E-state index in [0.717, 1.165) is 31.2 Å². The van der Waals surface area contributed by atoms with E-state index in [4.69, 9.17) is 0 Å². The zero-order chi connectivity index (χ0) is 11.6. The SMILES string of the molecule is CC1(C(O)(C=O)c2ccccc2)CCCC1. The highest BCUT2D eigenvalue weighted by molar-refractivity contribution is 5.67. The van der Waals surface area contributed by atoms with Gasteiger partial charge in [-0.05, 0) is 18.4 Å². The van der Waals surface area contributed by atoms with Crippen molar-refractivity contribution in [3.8, 4) is 0 Å². The zero-order valence-electron chi connectivity index (χ0n) is 9.65. The van der Waals surface area contributed by atoms with Gasteiger partial charge < -0.3 is 5.11 Å². The van der Waals surface area contributed by atoms with Crippen LogP contribution < -0.4 is 0 Å². The molecule has 0 heterocycles. The molecular formula is C14H18O2. The lowest BCUT2D eigenvalue weighted by molar-refractivity contribution is -0.140. The molecule has 1 aromatic rings. The summed E-state index contributed by atoms with van der Waals surface area (Å²) in [6.45, 7) is 2.02. The van der Waals surface area contributed by atoms with Gasteiger partial charge in [-0.25, -0.2) is 0 Å². The minimum atomic E-state index is -1.33. The van der Waals surface area contributed by atoms with Crippen molar-refractivity contribution in [2.45, 2.75) is 38.2 Å². The lowest BCUT2D eigenvalue weighted by Gasteiger charge is -2.39. The first-order chi connectivity index (χ1) is 7.62. The third kappa shape index (κ3) is 1.57. The van der Waals surface area contributed by atoms with Gasteiger partial charge in [0.2, 0.25) is 0 Å². The van der Waals surface area contributed by atoms with Gasteiger partial charge in [0, 0.05) is 5.41 Å². The normalized spacial score (nSPS) is 22.6. The molecule has 0 spiro atoms. The fraction of sp³-hybridized carbons (Fsp3) is 0.500. The Kier molecular flexibility index (Phi) is 2.85. The van der Waals surface area contributed by atoms with Crippen LogP contribution in [0.25, 0.3) is 0 Å². The number of benzene rings is 1. The van der Waals surface area contributed by atoms with Crippen LogP contribution in [0.4, 0.5) is 0 Å². The Bertz CT molecular complexity index is 366. The lowest BCUT2D eigenvalue weighted by atomic mass is 9.69. The number of aldehydes is 1. The molecule has 0 amide bonds. The van der Waals surface area contributed by atoms with Gasteiger partial charge in [0.15, 0.2) is 6.29 Å². The number of aliphatic hydroxyl groups is 1. The molecule has 1 aromatic carbocycles. The van der Waals surface area contributed by atoms with Crippen LogP contribution in [0.1, 0.15) is 38.2 Å². The summed E-state index contributed by atoms with van der Waals surface area (Å²) in [6, 6.07) is 9.28. The minimum absolute atomic E-state index is 0.309. The smallest absolute Gasteiger partial charge is 0.156 e. The van der Waals surface area contributed by atoms with Crippen LogP contribution in [-0.4, -0.2) is 11.4 Å². The molecule has 2 heteroatoms. The predicted octanol–water partition coefficient (Wildman–Crippen LogP) is 2.65. The van der Waals surface area contributed by atoms with Crippen molar-refractivity contribution in [3.63, 3.8) is 0 Å². The molecule has 1 unspecified atom stereocenters. The molecule has 2 rings (SSSR count). The van der Waals surface area contributed by atoms with Crippen LogP contribution in [-0.2, 0) is 10.4 Å². The molecule has 86 valence electrons. The second-order valence-corrected chi connectivity index (χ2v) is 5.02. The van der Waals surface area contributed by atoms with Crippen LogP contribution >= 0.6 is 0 Å². The fourth-order valence-electron chi connectivity index (χ4n) is 2.79. The van der Waals surface area contributed by atoms with E-state index in [1.807, 2.05) is 37.3 Å². The highest BCUT2D eigenvalue weighted by atomic mass is 16.3. The molecule has 0 saturated heterocycles. The van der Waals surface area contributed by atoms with Crippen molar-refractivity contribution in [1.82, 2.24) is 0 Å². The summed E-state index contributed by atoms with van der Waals surface area (Å²) in [6.07, 6.45) is 4.74. The summed E-state index contributed by atoms with van der Waals surface area (Å²) < 4.78 is 0. The van der Waals surface area contributed by atoms with Crippen molar-refractivity contribution < 1.29 is 9.90 Å². The van der Waals surface area contributed by atoms with Gasteiger partial charge in [-0.2, -0.15) is 0 Å². The molecule has 1 fully saturated rings. The summed E-state index contributed by atoms with van der Waals surface area (Å²) in [5.74, 6) is 0. The average Bonchev–Trinajstić information content (AvgIpc) is 2.78. The van der Waals surface area contributed by atoms with Gasteiger partial charge in [0.1, 0.15) is 5.60 Å². The fourth-order valence-corrected chi connectivity index (χ4v) is 2.79. The Balaban J connectivity index is 2.43. The zero-order valence-corrected chi connectivity index (χ0v) is 9.65. The van der Waals surface area contributed by atoms with Crippen molar-refractivity contribution in [1.29, 1.82) is 0 Å². The van der Waals surface area contributed by atoms with E-state index >= 15 is 0 Å². The Hall–Kier alpha value is -1.15. The molecular weight excluding hydrogens is 200 g/mol. The molecule has 0 bridgehead atoms. The van der Waals surface area contributed by atoms with Crippen LogP contribution in [0.2, 0.25) is 0 Å². The lowest BCUT2D eigenvalue weighted by Crippen LogP contribution is -2.43. The maximum atomic E-state index is 11.4. The van der Waals surface area contributed by atoms with E-state index in [-0.39, 0.29) is 5.41 Å². The highest BCUT2D eigenvalue weighted by Crippen LogP contribution is 2.49. The Morgan fingerprint density at radius 3 is 2.31 bits per heavy atom. The molecule has 0 aromatic heterocycles. The van der Waals surface area contributed by atoms with Crippen molar-refractivity contribution in [2.75, 3.05) is 0 Å². The first kappa shape index (κ1) is 11.3. The van der Waals surface area contributed by atoms with Crippen molar-refractivity contribution in [2.24, 2.45) is 5.41 Å². The van der Waals surface area contributed by atoms with Crippen molar-refractivity contribution >= 4 is 6.29 Å². The van der Waals surface area contributed by atoms with E-state index in [9.17, 15) is 9.90 Å². The number of carbonyl (C=O) groups is 1. The Morgan fingerprint density at radius 2 is 1.81 bits per heavy atom. The monoisotopic (exact) mass is 218 g/mol. The van der Waals surface area contributed by atoms with Gasteiger partial charge in [-0.3, -0.25) is 4.79 Å². The molecule has 1 N–H and O–H groups in total. The molecule has 2 nitrogen and oxygen atoms in total. The molecule has 1 aliphatic carbocycles. The topological polar surface area (TPSA) is 37.3 Å². The number of rotatable bonds is 3. The molecule has 0 radical (unpaired) electrons. The maximum Gasteiger partial charge on any atom is 0.156 e. The van der Waals surface area contributed by atoms with Gasteiger partial charge in [0.25, 0.3) is 0 Å². The quantitative estimate of drug-likeness (QED) is 0.792. The summed E-state index contributed by atoms with van der Waals surface area (Å²) in [7, 11) is 0. The molecule has 1 atom stereocenters. The minimum Gasteiger partial charge on any atom is -0.377 e. The average molecular weight is 218 g/mol. The predicted molar refractivity (Wildman–Crippen MR) is 63.0 cm³/mol. The number of hydrogen-bond acceptors (Lipinski definition) is 2. The number of carbonyl (C=O) groups excluding carboxylic acids is 1. The van der Waals surface area contributed by atoms with E-state index in [2.05, 4.69) is 0 Å². The largest absolute Gasteiger partial charge is 0.377 e. The third-order valence-electron chi connectivity index (χ3n) is 4.01. The summed E-state index contributed by atoms with van der Waals surface area (Å²) in [5, 5.41) is 10.7. The van der Waals surface area contributed by atoms with Crippen molar-refractivity contribution in [3.05, 3.63) is 35.9 Å². The number of hydrogen-bond donors (Lipinski definition) is 1. The summed E-state index contributed by atoms with van der Waals surface area (Å²) in [4.78, 5) is 11.4. The summed E-state index contributed by atoms with van der Waals surface area (Å²) >= 11 is 0. The van der Waals surface area contributed by atoms with E-state index in [1.165, 1.54) is 0 Å². The first-order valence-corrected chi connectivity index (χ1v) is 5.87. The van der Waals surface area contributed by atoms with E-state index in [0.29, 0.717) is 6.29 Å². The first-order valence-electron chi connectivity index (χ1n) is 5.87. The van der Waals surface area contributed by atoms with E-state index in [1.54, 1.807) is 0 Å².